The third kappa shape index (κ3) is 7.89. The molecule has 6 heteroatoms. The third-order valence-electron chi connectivity index (χ3n) is 4.96. The molecule has 1 aromatic rings. The van der Waals surface area contributed by atoms with Gasteiger partial charge in [-0.15, -0.1) is 0 Å². The summed E-state index contributed by atoms with van der Waals surface area (Å²) in [6.45, 7) is 6.93. The highest BCUT2D eigenvalue weighted by Gasteiger charge is 2.26. The largest absolute Gasteiger partial charge is 0.494 e. The monoisotopic (exact) mass is 390 g/mol. The molecule has 2 rings (SSSR count). The fourth-order valence-corrected chi connectivity index (χ4v) is 3.37. The van der Waals surface area contributed by atoms with Crippen LogP contribution in [0.5, 0.6) is 5.75 Å². The van der Waals surface area contributed by atoms with Crippen LogP contribution >= 0.6 is 0 Å². The molecule has 1 saturated heterocycles. The van der Waals surface area contributed by atoms with E-state index in [1.54, 1.807) is 0 Å². The third-order valence-corrected chi connectivity index (χ3v) is 4.96. The van der Waals surface area contributed by atoms with Gasteiger partial charge < -0.3 is 14.8 Å². The standard InChI is InChI=1S/C22H34N2O4/c1-3-5-6-7-15-28-20-10-8-9-19(16-20)23-21(25)17-24-13-11-18(12-14-24)22(26)27-4-2/h8-10,16,18H,3-7,11-15,17H2,1-2H3,(H,23,25). The van der Waals surface area contributed by atoms with Gasteiger partial charge in [-0.05, 0) is 51.4 Å². The van der Waals surface area contributed by atoms with Crippen LogP contribution in [0.1, 0.15) is 52.4 Å². The zero-order valence-electron chi connectivity index (χ0n) is 17.2. The molecule has 0 atom stereocenters. The summed E-state index contributed by atoms with van der Waals surface area (Å²) < 4.78 is 10.9. The van der Waals surface area contributed by atoms with Crippen molar-refractivity contribution in [2.24, 2.45) is 5.92 Å². The Kier molecular flexibility index (Phi) is 9.83. The van der Waals surface area contributed by atoms with Gasteiger partial charge in [0.25, 0.3) is 0 Å². The second kappa shape index (κ2) is 12.4. The Bertz CT molecular complexity index is 612. The first kappa shape index (κ1) is 22.2. The molecule has 156 valence electrons. The van der Waals surface area contributed by atoms with E-state index in [-0.39, 0.29) is 17.8 Å². The van der Waals surface area contributed by atoms with Gasteiger partial charge in [-0.2, -0.15) is 0 Å². The Labute approximate surface area is 168 Å². The van der Waals surface area contributed by atoms with E-state index in [0.717, 1.165) is 43.8 Å². The van der Waals surface area contributed by atoms with Crippen LogP contribution in [0.15, 0.2) is 24.3 Å². The molecule has 1 heterocycles. The number of carbonyl (C=O) groups excluding carboxylic acids is 2. The van der Waals surface area contributed by atoms with Crippen molar-refractivity contribution in [1.29, 1.82) is 0 Å². The van der Waals surface area contributed by atoms with Crippen LogP contribution in [-0.2, 0) is 14.3 Å². The van der Waals surface area contributed by atoms with E-state index in [2.05, 4.69) is 17.1 Å². The van der Waals surface area contributed by atoms with Crippen LogP contribution in [0, 0.1) is 5.92 Å². The number of nitrogens with zero attached hydrogens (tertiary/aromatic N) is 1. The van der Waals surface area contributed by atoms with Crippen molar-refractivity contribution < 1.29 is 19.1 Å². The van der Waals surface area contributed by atoms with Crippen LogP contribution < -0.4 is 10.1 Å². The molecule has 1 N–H and O–H groups in total. The van der Waals surface area contributed by atoms with Gasteiger partial charge in [0.15, 0.2) is 0 Å². The number of carbonyl (C=O) groups is 2. The van der Waals surface area contributed by atoms with Crippen molar-refractivity contribution in [3.05, 3.63) is 24.3 Å². The maximum absolute atomic E-state index is 12.4. The first-order valence-electron chi connectivity index (χ1n) is 10.5. The van der Waals surface area contributed by atoms with Gasteiger partial charge in [0.1, 0.15) is 5.75 Å². The minimum absolute atomic E-state index is 0.0367. The van der Waals surface area contributed by atoms with Gasteiger partial charge in [-0.3, -0.25) is 14.5 Å². The quantitative estimate of drug-likeness (QED) is 0.459. The summed E-state index contributed by atoms with van der Waals surface area (Å²) in [5.74, 6) is 0.586. The molecule has 0 spiro atoms. The number of benzene rings is 1. The van der Waals surface area contributed by atoms with E-state index in [1.165, 1.54) is 19.3 Å². The molecule has 0 radical (unpaired) electrons. The topological polar surface area (TPSA) is 67.9 Å². The smallest absolute Gasteiger partial charge is 0.309 e. The lowest BCUT2D eigenvalue weighted by molar-refractivity contribution is -0.149. The highest BCUT2D eigenvalue weighted by molar-refractivity contribution is 5.92. The number of rotatable bonds is 11. The Hall–Kier alpha value is -2.08. The summed E-state index contributed by atoms with van der Waals surface area (Å²) in [5, 5.41) is 2.94. The van der Waals surface area contributed by atoms with E-state index in [0.29, 0.717) is 19.8 Å². The van der Waals surface area contributed by atoms with E-state index in [4.69, 9.17) is 9.47 Å². The van der Waals surface area contributed by atoms with Crippen molar-refractivity contribution >= 4 is 17.6 Å². The Morgan fingerprint density at radius 1 is 1.14 bits per heavy atom. The number of ether oxygens (including phenoxy) is 2. The average molecular weight is 391 g/mol. The Morgan fingerprint density at radius 2 is 1.93 bits per heavy atom. The minimum atomic E-state index is -0.113. The minimum Gasteiger partial charge on any atom is -0.494 e. The van der Waals surface area contributed by atoms with Crippen LogP contribution in [-0.4, -0.2) is 49.6 Å². The Morgan fingerprint density at radius 3 is 2.64 bits per heavy atom. The predicted molar refractivity (Wildman–Crippen MR) is 111 cm³/mol. The molecule has 1 aromatic carbocycles. The van der Waals surface area contributed by atoms with Crippen molar-refractivity contribution in [2.75, 3.05) is 38.2 Å². The SMILES string of the molecule is CCCCCCOc1cccc(NC(=O)CN2CCC(C(=O)OCC)CC2)c1. The normalized spacial score (nSPS) is 15.2. The molecular formula is C22H34N2O4. The molecule has 0 aromatic heterocycles. The molecule has 0 aliphatic carbocycles. The van der Waals surface area contributed by atoms with Gasteiger partial charge in [0.2, 0.25) is 5.91 Å². The first-order chi connectivity index (χ1) is 13.6. The lowest BCUT2D eigenvalue weighted by Crippen LogP contribution is -2.41. The number of nitrogens with one attached hydrogen (secondary N) is 1. The van der Waals surface area contributed by atoms with E-state index < -0.39 is 0 Å². The lowest BCUT2D eigenvalue weighted by Gasteiger charge is -2.30. The number of hydrogen-bond acceptors (Lipinski definition) is 5. The molecular weight excluding hydrogens is 356 g/mol. The second-order valence-corrected chi connectivity index (χ2v) is 7.29. The van der Waals surface area contributed by atoms with E-state index in [9.17, 15) is 9.59 Å². The van der Waals surface area contributed by atoms with Crippen molar-refractivity contribution in [3.8, 4) is 5.75 Å². The summed E-state index contributed by atoms with van der Waals surface area (Å²) in [5.41, 5.74) is 0.748. The van der Waals surface area contributed by atoms with E-state index in [1.807, 2.05) is 31.2 Å². The van der Waals surface area contributed by atoms with Crippen LogP contribution in [0.25, 0.3) is 0 Å². The number of hydrogen-bond donors (Lipinski definition) is 1. The number of anilines is 1. The predicted octanol–water partition coefficient (Wildman–Crippen LogP) is 3.86. The van der Waals surface area contributed by atoms with Gasteiger partial charge in [0.05, 0.1) is 25.7 Å². The zero-order valence-corrected chi connectivity index (χ0v) is 17.2. The molecule has 0 saturated carbocycles. The summed E-state index contributed by atoms with van der Waals surface area (Å²) in [6.07, 6.45) is 6.16. The fourth-order valence-electron chi connectivity index (χ4n) is 3.37. The fraction of sp³-hybridized carbons (Fsp3) is 0.636. The molecule has 28 heavy (non-hydrogen) atoms. The number of likely N-dealkylation sites (tertiary alicyclic amines) is 1. The van der Waals surface area contributed by atoms with Crippen LogP contribution in [0.2, 0.25) is 0 Å². The summed E-state index contributed by atoms with van der Waals surface area (Å²) in [4.78, 5) is 26.2. The van der Waals surface area contributed by atoms with Gasteiger partial charge in [0, 0.05) is 11.8 Å². The molecule has 0 unspecified atom stereocenters. The molecule has 1 aliphatic rings. The summed E-state index contributed by atoms with van der Waals surface area (Å²) in [7, 11) is 0. The first-order valence-corrected chi connectivity index (χ1v) is 10.5. The number of amides is 1. The molecule has 1 aliphatic heterocycles. The van der Waals surface area contributed by atoms with Crippen molar-refractivity contribution in [3.63, 3.8) is 0 Å². The van der Waals surface area contributed by atoms with Crippen LogP contribution in [0.4, 0.5) is 5.69 Å². The van der Waals surface area contributed by atoms with Crippen LogP contribution in [0.3, 0.4) is 0 Å². The molecule has 1 amide bonds. The number of piperidine rings is 1. The van der Waals surface area contributed by atoms with Crippen molar-refractivity contribution in [2.45, 2.75) is 52.4 Å². The number of unbranched alkanes of at least 4 members (excludes halogenated alkanes) is 3. The molecule has 6 nitrogen and oxygen atoms in total. The summed E-state index contributed by atoms with van der Waals surface area (Å²) >= 11 is 0. The lowest BCUT2D eigenvalue weighted by atomic mass is 9.97. The zero-order chi connectivity index (χ0) is 20.2. The highest BCUT2D eigenvalue weighted by atomic mass is 16.5. The van der Waals surface area contributed by atoms with Gasteiger partial charge in [-0.1, -0.05) is 32.3 Å². The maximum atomic E-state index is 12.4. The maximum Gasteiger partial charge on any atom is 0.309 e. The number of esters is 1. The van der Waals surface area contributed by atoms with E-state index >= 15 is 0 Å². The molecule has 0 bridgehead atoms. The Balaban J connectivity index is 1.71. The van der Waals surface area contributed by atoms with Crippen molar-refractivity contribution in [1.82, 2.24) is 4.90 Å². The highest BCUT2D eigenvalue weighted by Crippen LogP contribution is 2.20. The summed E-state index contributed by atoms with van der Waals surface area (Å²) in [6, 6.07) is 7.54. The van der Waals surface area contributed by atoms with Gasteiger partial charge >= 0.3 is 5.97 Å². The van der Waals surface area contributed by atoms with Gasteiger partial charge in [-0.25, -0.2) is 0 Å². The average Bonchev–Trinajstić information content (AvgIpc) is 2.69. The second-order valence-electron chi connectivity index (χ2n) is 7.29. The molecule has 1 fully saturated rings.